The van der Waals surface area contributed by atoms with Crippen LogP contribution < -0.4 is 11.1 Å². The summed E-state index contributed by atoms with van der Waals surface area (Å²) in [6, 6.07) is 0.382. The van der Waals surface area contributed by atoms with Gasteiger partial charge in [-0.1, -0.05) is 32.6 Å². The molecule has 1 aliphatic carbocycles. The van der Waals surface area contributed by atoms with Gasteiger partial charge in [-0.3, -0.25) is 4.79 Å². The number of nitrogens with one attached hydrogen (secondary N) is 1. The van der Waals surface area contributed by atoms with Gasteiger partial charge in [-0.2, -0.15) is 0 Å². The number of hydrogen-bond acceptors (Lipinski definition) is 2. The van der Waals surface area contributed by atoms with Gasteiger partial charge in [0.25, 0.3) is 0 Å². The molecule has 0 aromatic heterocycles. The van der Waals surface area contributed by atoms with Crippen LogP contribution in [-0.2, 0) is 4.79 Å². The molecule has 1 amide bonds. The molecule has 0 heterocycles. The summed E-state index contributed by atoms with van der Waals surface area (Å²) in [7, 11) is 0. The molecule has 1 saturated carbocycles. The van der Waals surface area contributed by atoms with Crippen LogP contribution in [0.25, 0.3) is 0 Å². The smallest absolute Gasteiger partial charge is 0.227 e. The van der Waals surface area contributed by atoms with Crippen LogP contribution >= 0.6 is 0 Å². The van der Waals surface area contributed by atoms with Gasteiger partial charge in [-0.25, -0.2) is 0 Å². The zero-order chi connectivity index (χ0) is 12.0. The van der Waals surface area contributed by atoms with Crippen molar-refractivity contribution in [1.29, 1.82) is 0 Å². The maximum Gasteiger partial charge on any atom is 0.227 e. The summed E-state index contributed by atoms with van der Waals surface area (Å²) in [6.07, 6.45) is 8.20. The topological polar surface area (TPSA) is 55.1 Å². The summed E-state index contributed by atoms with van der Waals surface area (Å²) < 4.78 is 0. The third-order valence-electron chi connectivity index (χ3n) is 3.97. The molecular formula is C13H26N2O. The molecule has 3 nitrogen and oxygen atoms in total. The monoisotopic (exact) mass is 226 g/mol. The van der Waals surface area contributed by atoms with Gasteiger partial charge in [0.15, 0.2) is 0 Å². The van der Waals surface area contributed by atoms with Gasteiger partial charge in [-0.05, 0) is 26.2 Å². The lowest BCUT2D eigenvalue weighted by Gasteiger charge is -2.28. The zero-order valence-corrected chi connectivity index (χ0v) is 10.7. The van der Waals surface area contributed by atoms with E-state index in [1.165, 1.54) is 25.7 Å². The molecule has 3 heteroatoms. The lowest BCUT2D eigenvalue weighted by Crippen LogP contribution is -2.47. The van der Waals surface area contributed by atoms with Crippen molar-refractivity contribution in [2.45, 2.75) is 64.8 Å². The molecule has 1 rings (SSSR count). The highest BCUT2D eigenvalue weighted by Gasteiger charge is 2.31. The van der Waals surface area contributed by atoms with Gasteiger partial charge >= 0.3 is 0 Å². The molecular weight excluding hydrogens is 200 g/mol. The molecule has 0 aromatic carbocycles. The second-order valence-electron chi connectivity index (χ2n) is 5.28. The minimum atomic E-state index is -0.383. The summed E-state index contributed by atoms with van der Waals surface area (Å²) in [5.41, 5.74) is 5.31. The lowest BCUT2D eigenvalue weighted by molar-refractivity contribution is -0.130. The summed E-state index contributed by atoms with van der Waals surface area (Å²) >= 11 is 0. The number of amides is 1. The highest BCUT2D eigenvalue weighted by atomic mass is 16.2. The Labute approximate surface area is 99.2 Å². The third kappa shape index (κ3) is 3.48. The van der Waals surface area contributed by atoms with E-state index in [0.29, 0.717) is 12.6 Å². The van der Waals surface area contributed by atoms with Crippen LogP contribution in [0.3, 0.4) is 0 Å². The fraction of sp³-hybridized carbons (Fsp3) is 0.923. The minimum absolute atomic E-state index is 0.143. The molecule has 1 unspecified atom stereocenters. The second kappa shape index (κ2) is 6.24. The lowest BCUT2D eigenvalue weighted by atomic mass is 9.86. The highest BCUT2D eigenvalue weighted by molar-refractivity contribution is 5.82. The first-order valence-electron chi connectivity index (χ1n) is 6.63. The van der Waals surface area contributed by atoms with Gasteiger partial charge in [0.2, 0.25) is 5.91 Å². The van der Waals surface area contributed by atoms with Crippen LogP contribution in [0.2, 0.25) is 0 Å². The molecule has 0 radical (unpaired) electrons. The van der Waals surface area contributed by atoms with Crippen molar-refractivity contribution in [1.82, 2.24) is 5.32 Å². The fourth-order valence-electron chi connectivity index (χ4n) is 2.18. The first-order valence-corrected chi connectivity index (χ1v) is 6.63. The van der Waals surface area contributed by atoms with E-state index in [0.717, 1.165) is 19.3 Å². The SMILES string of the molecule is CCC(C)(CN)C(=O)NC1CCCCCC1. The van der Waals surface area contributed by atoms with Crippen molar-refractivity contribution in [3.63, 3.8) is 0 Å². The van der Waals surface area contributed by atoms with Gasteiger partial charge in [-0.15, -0.1) is 0 Å². The molecule has 0 spiro atoms. The standard InChI is InChI=1S/C13H26N2O/c1-3-13(2,10-14)12(16)15-11-8-6-4-5-7-9-11/h11H,3-10,14H2,1-2H3,(H,15,16). The van der Waals surface area contributed by atoms with Crippen LogP contribution in [-0.4, -0.2) is 18.5 Å². The van der Waals surface area contributed by atoms with E-state index >= 15 is 0 Å². The Morgan fingerprint density at radius 3 is 2.31 bits per heavy atom. The Morgan fingerprint density at radius 1 is 1.31 bits per heavy atom. The number of carbonyl (C=O) groups excluding carboxylic acids is 1. The summed E-state index contributed by atoms with van der Waals surface area (Å²) in [5, 5.41) is 3.18. The molecule has 1 fully saturated rings. The molecule has 94 valence electrons. The molecule has 0 aliphatic heterocycles. The largest absolute Gasteiger partial charge is 0.353 e. The van der Waals surface area contributed by atoms with Crippen LogP contribution in [0, 0.1) is 5.41 Å². The van der Waals surface area contributed by atoms with Crippen LogP contribution in [0.5, 0.6) is 0 Å². The van der Waals surface area contributed by atoms with Crippen LogP contribution in [0.4, 0.5) is 0 Å². The molecule has 0 aromatic rings. The second-order valence-corrected chi connectivity index (χ2v) is 5.28. The summed E-state index contributed by atoms with van der Waals surface area (Å²) in [6.45, 7) is 4.42. The predicted molar refractivity (Wildman–Crippen MR) is 67.1 cm³/mol. The summed E-state index contributed by atoms with van der Waals surface area (Å²) in [4.78, 5) is 12.1. The van der Waals surface area contributed by atoms with Crippen molar-refractivity contribution in [2.75, 3.05) is 6.54 Å². The Kier molecular flexibility index (Phi) is 5.26. The Balaban J connectivity index is 2.48. The Morgan fingerprint density at radius 2 is 1.88 bits per heavy atom. The van der Waals surface area contributed by atoms with E-state index in [1.807, 2.05) is 13.8 Å². The Bertz CT molecular complexity index is 216. The number of carbonyl (C=O) groups is 1. The van der Waals surface area contributed by atoms with Crippen molar-refractivity contribution in [3.8, 4) is 0 Å². The van der Waals surface area contributed by atoms with Gasteiger partial charge in [0.1, 0.15) is 0 Å². The van der Waals surface area contributed by atoms with E-state index in [4.69, 9.17) is 5.73 Å². The van der Waals surface area contributed by atoms with Gasteiger partial charge in [0, 0.05) is 12.6 Å². The van der Waals surface area contributed by atoms with Gasteiger partial charge in [0.05, 0.1) is 5.41 Å². The Hall–Kier alpha value is -0.570. The van der Waals surface area contributed by atoms with E-state index in [2.05, 4.69) is 5.32 Å². The molecule has 1 atom stereocenters. The quantitative estimate of drug-likeness (QED) is 0.722. The fourth-order valence-corrected chi connectivity index (χ4v) is 2.18. The van der Waals surface area contributed by atoms with Crippen LogP contribution in [0.15, 0.2) is 0 Å². The van der Waals surface area contributed by atoms with E-state index in [9.17, 15) is 4.79 Å². The summed E-state index contributed by atoms with van der Waals surface area (Å²) in [5.74, 6) is 0.143. The molecule has 0 bridgehead atoms. The maximum absolute atomic E-state index is 12.1. The zero-order valence-electron chi connectivity index (χ0n) is 10.7. The molecule has 16 heavy (non-hydrogen) atoms. The molecule has 1 aliphatic rings. The number of hydrogen-bond donors (Lipinski definition) is 2. The van der Waals surface area contributed by atoms with Crippen molar-refractivity contribution >= 4 is 5.91 Å². The predicted octanol–water partition coefficient (Wildman–Crippen LogP) is 2.20. The van der Waals surface area contributed by atoms with E-state index in [-0.39, 0.29) is 11.3 Å². The van der Waals surface area contributed by atoms with Gasteiger partial charge < -0.3 is 11.1 Å². The molecule has 3 N–H and O–H groups in total. The first-order chi connectivity index (χ1) is 7.62. The number of rotatable bonds is 4. The first kappa shape index (κ1) is 13.5. The van der Waals surface area contributed by atoms with Crippen molar-refractivity contribution in [2.24, 2.45) is 11.1 Å². The van der Waals surface area contributed by atoms with Crippen molar-refractivity contribution in [3.05, 3.63) is 0 Å². The maximum atomic E-state index is 12.1. The number of nitrogens with two attached hydrogens (primary N) is 1. The third-order valence-corrected chi connectivity index (χ3v) is 3.97. The highest BCUT2D eigenvalue weighted by Crippen LogP contribution is 2.22. The van der Waals surface area contributed by atoms with Crippen LogP contribution in [0.1, 0.15) is 58.8 Å². The molecule has 0 saturated heterocycles. The minimum Gasteiger partial charge on any atom is -0.353 e. The van der Waals surface area contributed by atoms with Crippen molar-refractivity contribution < 1.29 is 4.79 Å². The van der Waals surface area contributed by atoms with E-state index < -0.39 is 0 Å². The average molecular weight is 226 g/mol. The average Bonchev–Trinajstić information content (AvgIpc) is 2.56. The van der Waals surface area contributed by atoms with E-state index in [1.54, 1.807) is 0 Å². The normalized spacial score (nSPS) is 22.2.